The molecule has 4 rings (SSSR count). The summed E-state index contributed by atoms with van der Waals surface area (Å²) in [4.78, 5) is 34.7. The van der Waals surface area contributed by atoms with Crippen molar-refractivity contribution in [2.75, 3.05) is 19.7 Å². The first-order chi connectivity index (χ1) is 14.6. The Morgan fingerprint density at radius 3 is 2.63 bits per heavy atom. The van der Waals surface area contributed by atoms with Crippen LogP contribution in [0.3, 0.4) is 0 Å². The maximum Gasteiger partial charge on any atom is 0.248 e. The molecule has 1 aliphatic rings. The Morgan fingerprint density at radius 1 is 1.07 bits per heavy atom. The van der Waals surface area contributed by atoms with Crippen LogP contribution in [-0.2, 0) is 16.0 Å². The molecule has 2 N–H and O–H groups in total. The molecule has 3 aromatic rings. The molecule has 1 aromatic carbocycles. The normalized spacial score (nSPS) is 16.3. The number of rotatable bonds is 5. The molecule has 0 spiro atoms. The fourth-order valence-electron chi connectivity index (χ4n) is 3.42. The van der Waals surface area contributed by atoms with Gasteiger partial charge in [-0.3, -0.25) is 14.6 Å². The van der Waals surface area contributed by atoms with Crippen molar-refractivity contribution in [3.8, 4) is 11.3 Å². The molecule has 1 saturated heterocycles. The van der Waals surface area contributed by atoms with Crippen LogP contribution in [0, 0.1) is 0 Å². The molecule has 0 saturated carbocycles. The van der Waals surface area contributed by atoms with Crippen molar-refractivity contribution in [1.29, 1.82) is 0 Å². The van der Waals surface area contributed by atoms with E-state index in [4.69, 9.17) is 15.5 Å². The van der Waals surface area contributed by atoms with Crippen LogP contribution < -0.4 is 5.73 Å². The van der Waals surface area contributed by atoms with E-state index in [1.807, 2.05) is 48.5 Å². The molecule has 0 radical (unpaired) electrons. The quantitative estimate of drug-likeness (QED) is 0.707. The van der Waals surface area contributed by atoms with Crippen LogP contribution in [0.5, 0.6) is 0 Å². The van der Waals surface area contributed by atoms with Gasteiger partial charge >= 0.3 is 0 Å². The van der Waals surface area contributed by atoms with Crippen molar-refractivity contribution in [2.24, 2.45) is 5.73 Å². The molecule has 152 valence electrons. The van der Waals surface area contributed by atoms with Gasteiger partial charge in [-0.05, 0) is 36.4 Å². The average Bonchev–Trinajstić information content (AvgIpc) is 2.80. The van der Waals surface area contributed by atoms with Crippen LogP contribution in [0.1, 0.15) is 27.8 Å². The second-order valence-corrected chi connectivity index (χ2v) is 7.09. The van der Waals surface area contributed by atoms with Crippen LogP contribution in [-0.4, -0.2) is 46.4 Å². The number of morpholine rings is 1. The molecule has 7 nitrogen and oxygen atoms in total. The number of pyridine rings is 2. The number of amides is 2. The Labute approximate surface area is 174 Å². The zero-order valence-electron chi connectivity index (χ0n) is 16.4. The summed E-state index contributed by atoms with van der Waals surface area (Å²) in [6, 6.07) is 18.3. The first-order valence-electron chi connectivity index (χ1n) is 9.76. The predicted octanol–water partition coefficient (Wildman–Crippen LogP) is 2.39. The van der Waals surface area contributed by atoms with E-state index in [-0.39, 0.29) is 18.4 Å². The van der Waals surface area contributed by atoms with E-state index >= 15 is 0 Å². The Bertz CT molecular complexity index is 1040. The van der Waals surface area contributed by atoms with Crippen molar-refractivity contribution in [1.82, 2.24) is 14.9 Å². The van der Waals surface area contributed by atoms with Gasteiger partial charge in [0.25, 0.3) is 0 Å². The molecule has 1 aliphatic heterocycles. The van der Waals surface area contributed by atoms with Gasteiger partial charge in [-0.1, -0.05) is 24.3 Å². The van der Waals surface area contributed by atoms with E-state index in [2.05, 4.69) is 4.98 Å². The second kappa shape index (κ2) is 8.84. The number of nitrogens with zero attached hydrogens (tertiary/aromatic N) is 3. The zero-order valence-corrected chi connectivity index (χ0v) is 16.4. The summed E-state index contributed by atoms with van der Waals surface area (Å²) in [6.45, 7) is 1.46. The second-order valence-electron chi connectivity index (χ2n) is 7.09. The number of hydrogen-bond acceptors (Lipinski definition) is 5. The van der Waals surface area contributed by atoms with Gasteiger partial charge in [0.15, 0.2) is 0 Å². The molecule has 7 heteroatoms. The number of carbonyl (C=O) groups excluding carboxylic acids is 2. The third-order valence-corrected chi connectivity index (χ3v) is 5.04. The topological polar surface area (TPSA) is 98.4 Å². The highest BCUT2D eigenvalue weighted by Crippen LogP contribution is 2.25. The Balaban J connectivity index is 1.47. The van der Waals surface area contributed by atoms with Gasteiger partial charge in [-0.2, -0.15) is 0 Å². The molecule has 1 atom stereocenters. The summed E-state index contributed by atoms with van der Waals surface area (Å²) >= 11 is 0. The molecular weight excluding hydrogens is 380 g/mol. The fraction of sp³-hybridized carbons (Fsp3) is 0.217. The molecule has 3 heterocycles. The molecule has 0 bridgehead atoms. The number of primary amides is 1. The van der Waals surface area contributed by atoms with Gasteiger partial charge in [-0.15, -0.1) is 0 Å². The smallest absolute Gasteiger partial charge is 0.248 e. The zero-order chi connectivity index (χ0) is 20.9. The van der Waals surface area contributed by atoms with Crippen LogP contribution in [0.2, 0.25) is 0 Å². The summed E-state index contributed by atoms with van der Waals surface area (Å²) in [7, 11) is 0. The minimum absolute atomic E-state index is 0.0280. The van der Waals surface area contributed by atoms with Crippen LogP contribution in [0.4, 0.5) is 0 Å². The lowest BCUT2D eigenvalue weighted by molar-refractivity contribution is -0.138. The highest BCUT2D eigenvalue weighted by Gasteiger charge is 2.26. The van der Waals surface area contributed by atoms with Gasteiger partial charge in [-0.25, -0.2) is 4.98 Å². The number of carbonyl (C=O) groups is 2. The van der Waals surface area contributed by atoms with Gasteiger partial charge in [0.1, 0.15) is 6.10 Å². The average molecular weight is 402 g/mol. The van der Waals surface area contributed by atoms with E-state index in [9.17, 15) is 9.59 Å². The SMILES string of the molecule is NC(=O)c1ccc(-c2cccc([C@@H]3CN(C(=O)Cc4ccccn4)CCO3)n2)cc1. The summed E-state index contributed by atoms with van der Waals surface area (Å²) in [6.07, 6.45) is 1.67. The Morgan fingerprint density at radius 2 is 1.90 bits per heavy atom. The van der Waals surface area contributed by atoms with Gasteiger partial charge in [0.2, 0.25) is 11.8 Å². The van der Waals surface area contributed by atoms with Gasteiger partial charge in [0, 0.05) is 29.6 Å². The minimum atomic E-state index is -0.464. The first kappa shape index (κ1) is 19.7. The molecule has 0 aliphatic carbocycles. The lowest BCUT2D eigenvalue weighted by Gasteiger charge is -2.32. The van der Waals surface area contributed by atoms with Crippen molar-refractivity contribution in [3.05, 3.63) is 83.8 Å². The molecule has 30 heavy (non-hydrogen) atoms. The maximum atomic E-state index is 12.7. The Kier molecular flexibility index (Phi) is 5.81. The van der Waals surface area contributed by atoms with Gasteiger partial charge in [0.05, 0.1) is 31.0 Å². The molecule has 2 amide bonds. The van der Waals surface area contributed by atoms with E-state index in [1.165, 1.54) is 0 Å². The standard InChI is InChI=1S/C23H22N4O3/c24-23(29)17-9-7-16(8-10-17)19-5-3-6-20(26-19)21-15-27(12-13-30-21)22(28)14-18-4-1-2-11-25-18/h1-11,21H,12-15H2,(H2,24,29)/t21-/m0/s1. The highest BCUT2D eigenvalue weighted by molar-refractivity contribution is 5.93. The van der Waals surface area contributed by atoms with E-state index < -0.39 is 5.91 Å². The number of benzene rings is 1. The highest BCUT2D eigenvalue weighted by atomic mass is 16.5. The summed E-state index contributed by atoms with van der Waals surface area (Å²) < 4.78 is 5.90. The van der Waals surface area contributed by atoms with Crippen LogP contribution in [0.25, 0.3) is 11.3 Å². The summed E-state index contributed by atoms with van der Waals surface area (Å²) in [5.41, 5.74) is 8.92. The molecule has 2 aromatic heterocycles. The van der Waals surface area contributed by atoms with E-state index in [0.29, 0.717) is 25.3 Å². The lowest BCUT2D eigenvalue weighted by atomic mass is 10.1. The maximum absolute atomic E-state index is 12.7. The largest absolute Gasteiger partial charge is 0.368 e. The number of hydrogen-bond donors (Lipinski definition) is 1. The fourth-order valence-corrected chi connectivity index (χ4v) is 3.42. The van der Waals surface area contributed by atoms with Crippen molar-refractivity contribution in [3.63, 3.8) is 0 Å². The molecule has 1 fully saturated rings. The Hall–Kier alpha value is -3.58. The number of ether oxygens (including phenoxy) is 1. The van der Waals surface area contributed by atoms with E-state index in [1.54, 1.807) is 23.2 Å². The van der Waals surface area contributed by atoms with Crippen molar-refractivity contribution < 1.29 is 14.3 Å². The third kappa shape index (κ3) is 4.52. The first-order valence-corrected chi connectivity index (χ1v) is 9.76. The summed E-state index contributed by atoms with van der Waals surface area (Å²) in [5.74, 6) is -0.436. The summed E-state index contributed by atoms with van der Waals surface area (Å²) in [5, 5.41) is 0. The number of nitrogens with two attached hydrogens (primary N) is 1. The molecule has 0 unspecified atom stereocenters. The van der Waals surface area contributed by atoms with Crippen LogP contribution in [0.15, 0.2) is 66.9 Å². The minimum Gasteiger partial charge on any atom is -0.368 e. The van der Waals surface area contributed by atoms with Crippen LogP contribution >= 0.6 is 0 Å². The third-order valence-electron chi connectivity index (χ3n) is 5.04. The molecular formula is C23H22N4O3. The van der Waals surface area contributed by atoms with E-state index in [0.717, 1.165) is 22.6 Å². The van der Waals surface area contributed by atoms with Crippen molar-refractivity contribution in [2.45, 2.75) is 12.5 Å². The van der Waals surface area contributed by atoms with Gasteiger partial charge < -0.3 is 15.4 Å². The van der Waals surface area contributed by atoms with Crippen molar-refractivity contribution >= 4 is 11.8 Å². The lowest BCUT2D eigenvalue weighted by Crippen LogP contribution is -2.43. The monoisotopic (exact) mass is 402 g/mol. The predicted molar refractivity (Wildman–Crippen MR) is 111 cm³/mol. The number of aromatic nitrogens is 2.